The van der Waals surface area contributed by atoms with Gasteiger partial charge in [-0.15, -0.1) is 0 Å². The van der Waals surface area contributed by atoms with Crippen LogP contribution in [0.1, 0.15) is 79.1 Å². The smallest absolute Gasteiger partial charge is 0.328 e. The van der Waals surface area contributed by atoms with Crippen LogP contribution in [0, 0.1) is 28.6 Å². The molecule has 34 heavy (non-hydrogen) atoms. The molecule has 0 aromatic carbocycles. The van der Waals surface area contributed by atoms with E-state index in [2.05, 4.69) is 30.4 Å². The summed E-state index contributed by atoms with van der Waals surface area (Å²) in [5.41, 5.74) is 1.83. The van der Waals surface area contributed by atoms with Gasteiger partial charge in [-0.1, -0.05) is 24.6 Å². The Bertz CT molecular complexity index is 896. The maximum Gasteiger partial charge on any atom is 0.328 e. The number of hydrogen-bond acceptors (Lipinski definition) is 6. The van der Waals surface area contributed by atoms with Crippen LogP contribution >= 0.6 is 0 Å². The Hall–Kier alpha value is -1.93. The SMILES string of the molecule is C[C@H](O)[C@H](NC(=O)CON=C1C=C2CC[C@@H]3[C@H](CC[C@@]4(C)[C@H]3CC[C@]4(C)O)[C@@]2(C)CC1)C(=O)O. The molecule has 0 radical (unpaired) electrons. The highest BCUT2D eigenvalue weighted by atomic mass is 16.6. The minimum Gasteiger partial charge on any atom is -0.480 e. The average Bonchev–Trinajstić information content (AvgIpc) is 3.00. The van der Waals surface area contributed by atoms with Crippen LogP contribution in [0.15, 0.2) is 16.8 Å². The molecule has 4 aliphatic rings. The molecule has 4 rings (SSSR count). The van der Waals surface area contributed by atoms with Crippen molar-refractivity contribution < 1.29 is 29.7 Å². The Morgan fingerprint density at radius 3 is 2.53 bits per heavy atom. The Morgan fingerprint density at radius 1 is 1.15 bits per heavy atom. The molecule has 8 atom stereocenters. The minimum atomic E-state index is -1.38. The maximum atomic E-state index is 12.0. The molecule has 0 aliphatic heterocycles. The third-order valence-electron chi connectivity index (χ3n) is 9.98. The number of hydrogen-bond donors (Lipinski definition) is 4. The molecular weight excluding hydrogens is 436 g/mol. The largest absolute Gasteiger partial charge is 0.480 e. The fourth-order valence-electron chi connectivity index (χ4n) is 7.66. The number of oxime groups is 1. The van der Waals surface area contributed by atoms with E-state index in [1.807, 2.05) is 6.92 Å². The van der Waals surface area contributed by atoms with E-state index in [0.29, 0.717) is 17.8 Å². The topological polar surface area (TPSA) is 128 Å². The zero-order chi connectivity index (χ0) is 24.9. The van der Waals surface area contributed by atoms with E-state index in [0.717, 1.165) is 57.1 Å². The molecule has 0 bridgehead atoms. The Labute approximate surface area is 201 Å². The first-order valence-electron chi connectivity index (χ1n) is 12.7. The maximum absolute atomic E-state index is 12.0. The summed E-state index contributed by atoms with van der Waals surface area (Å²) in [4.78, 5) is 28.3. The van der Waals surface area contributed by atoms with Gasteiger partial charge in [0.1, 0.15) is 0 Å². The van der Waals surface area contributed by atoms with Crippen LogP contribution in [0.4, 0.5) is 0 Å². The molecule has 0 unspecified atom stereocenters. The van der Waals surface area contributed by atoms with Crippen LogP contribution in [0.3, 0.4) is 0 Å². The number of rotatable bonds is 6. The van der Waals surface area contributed by atoms with Gasteiger partial charge in [-0.05, 0) is 99.9 Å². The molecule has 0 heterocycles. The summed E-state index contributed by atoms with van der Waals surface area (Å²) in [6.07, 6.45) is 9.14. The molecular formula is C26H40N2O6. The van der Waals surface area contributed by atoms with Crippen LogP contribution < -0.4 is 5.32 Å². The molecule has 3 saturated carbocycles. The fraction of sp³-hybridized carbons (Fsp3) is 0.808. The summed E-state index contributed by atoms with van der Waals surface area (Å²) in [5, 5.41) is 36.0. The van der Waals surface area contributed by atoms with E-state index >= 15 is 0 Å². The molecule has 4 N–H and O–H groups in total. The first-order chi connectivity index (χ1) is 15.9. The van der Waals surface area contributed by atoms with Crippen molar-refractivity contribution in [2.75, 3.05) is 6.61 Å². The highest BCUT2D eigenvalue weighted by Gasteiger charge is 2.62. The summed E-state index contributed by atoms with van der Waals surface area (Å²) in [7, 11) is 0. The number of allylic oxidation sites excluding steroid dienone is 2. The monoisotopic (exact) mass is 476 g/mol. The van der Waals surface area contributed by atoms with Gasteiger partial charge in [-0.2, -0.15) is 0 Å². The molecule has 0 aromatic rings. The number of carboxylic acid groups (broad SMARTS) is 1. The van der Waals surface area contributed by atoms with E-state index in [4.69, 9.17) is 9.94 Å². The number of carbonyl (C=O) groups is 2. The van der Waals surface area contributed by atoms with Crippen LogP contribution in [-0.2, 0) is 14.4 Å². The first kappa shape index (κ1) is 25.2. The average molecular weight is 477 g/mol. The lowest BCUT2D eigenvalue weighted by molar-refractivity contribution is -0.145. The predicted molar refractivity (Wildman–Crippen MR) is 127 cm³/mol. The van der Waals surface area contributed by atoms with Crippen molar-refractivity contribution in [2.24, 2.45) is 33.7 Å². The third-order valence-corrected chi connectivity index (χ3v) is 9.98. The number of nitrogens with zero attached hydrogens (tertiary/aromatic N) is 1. The number of nitrogens with one attached hydrogen (secondary N) is 1. The molecule has 190 valence electrons. The Kier molecular flexibility index (Phi) is 6.62. The number of fused-ring (bicyclic) bond motifs is 5. The van der Waals surface area contributed by atoms with Crippen LogP contribution in [-0.4, -0.2) is 57.3 Å². The predicted octanol–water partition coefficient (Wildman–Crippen LogP) is 3.02. The van der Waals surface area contributed by atoms with Gasteiger partial charge in [0.15, 0.2) is 12.6 Å². The van der Waals surface area contributed by atoms with E-state index in [9.17, 15) is 19.8 Å². The van der Waals surface area contributed by atoms with Gasteiger partial charge < -0.3 is 25.5 Å². The zero-order valence-corrected chi connectivity index (χ0v) is 20.8. The molecule has 0 spiro atoms. The number of aliphatic hydroxyl groups excluding tert-OH is 1. The summed E-state index contributed by atoms with van der Waals surface area (Å²) >= 11 is 0. The standard InChI is InChI=1S/C26H40N2O6/c1-15(29)22(23(31)32)27-21(30)14-34-28-17-7-10-24(2)16(13-17)5-6-18-19(24)8-11-25(3)20(18)9-12-26(25,4)33/h13,15,18-20,22,29,33H,5-12,14H2,1-4H3,(H,27,30)(H,31,32)/t15-,18+,19-,20-,22-,24-,25-,26-/m0/s1. The number of amides is 1. The van der Waals surface area contributed by atoms with E-state index in [-0.39, 0.29) is 10.8 Å². The normalized spacial score (nSPS) is 42.0. The van der Waals surface area contributed by atoms with Crippen molar-refractivity contribution in [3.8, 4) is 0 Å². The van der Waals surface area contributed by atoms with Gasteiger partial charge in [0.25, 0.3) is 5.91 Å². The van der Waals surface area contributed by atoms with Crippen LogP contribution in [0.2, 0.25) is 0 Å². The molecule has 1 amide bonds. The van der Waals surface area contributed by atoms with Crippen LogP contribution in [0.5, 0.6) is 0 Å². The lowest BCUT2D eigenvalue weighted by Gasteiger charge is -2.59. The molecule has 8 nitrogen and oxygen atoms in total. The molecule has 8 heteroatoms. The highest BCUT2D eigenvalue weighted by Crippen LogP contribution is 2.67. The number of aliphatic hydroxyl groups is 2. The van der Waals surface area contributed by atoms with E-state index in [1.165, 1.54) is 12.5 Å². The second-order valence-electron chi connectivity index (χ2n) is 11.8. The van der Waals surface area contributed by atoms with Gasteiger partial charge in [0, 0.05) is 0 Å². The fourth-order valence-corrected chi connectivity index (χ4v) is 7.66. The second kappa shape index (κ2) is 8.94. The third kappa shape index (κ3) is 4.17. The minimum absolute atomic E-state index is 0.0227. The first-order valence-corrected chi connectivity index (χ1v) is 12.7. The molecule has 3 fully saturated rings. The van der Waals surface area contributed by atoms with Gasteiger partial charge in [0.2, 0.25) is 0 Å². The van der Waals surface area contributed by atoms with Crippen LogP contribution in [0.25, 0.3) is 0 Å². The number of aliphatic carboxylic acids is 1. The second-order valence-corrected chi connectivity index (χ2v) is 11.8. The number of carbonyl (C=O) groups excluding carboxylic acids is 1. The quantitative estimate of drug-likeness (QED) is 0.436. The van der Waals surface area contributed by atoms with Gasteiger partial charge in [-0.3, -0.25) is 4.79 Å². The van der Waals surface area contributed by atoms with Crippen molar-refractivity contribution in [3.05, 3.63) is 11.6 Å². The summed E-state index contributed by atoms with van der Waals surface area (Å²) in [6, 6.07) is -1.38. The lowest BCUT2D eigenvalue weighted by Crippen LogP contribution is -2.53. The molecule has 0 aromatic heterocycles. The van der Waals surface area contributed by atoms with Gasteiger partial charge >= 0.3 is 5.97 Å². The Balaban J connectivity index is 1.40. The zero-order valence-electron chi connectivity index (χ0n) is 20.8. The Morgan fingerprint density at radius 2 is 1.85 bits per heavy atom. The summed E-state index contributed by atoms with van der Waals surface area (Å²) in [5.74, 6) is -0.0617. The molecule has 0 saturated heterocycles. The van der Waals surface area contributed by atoms with Crippen molar-refractivity contribution in [1.82, 2.24) is 5.32 Å². The number of carboxylic acids is 1. The van der Waals surface area contributed by atoms with Crippen molar-refractivity contribution in [2.45, 2.75) is 96.8 Å². The highest BCUT2D eigenvalue weighted by molar-refractivity contribution is 5.96. The lowest BCUT2D eigenvalue weighted by atomic mass is 9.46. The summed E-state index contributed by atoms with van der Waals surface area (Å²) < 4.78 is 0. The van der Waals surface area contributed by atoms with Crippen molar-refractivity contribution in [3.63, 3.8) is 0 Å². The van der Waals surface area contributed by atoms with Gasteiger partial charge in [-0.25, -0.2) is 4.79 Å². The van der Waals surface area contributed by atoms with E-state index < -0.39 is 36.2 Å². The molecule has 4 aliphatic carbocycles. The van der Waals surface area contributed by atoms with E-state index in [1.54, 1.807) is 0 Å². The van der Waals surface area contributed by atoms with Crippen molar-refractivity contribution in [1.29, 1.82) is 0 Å². The van der Waals surface area contributed by atoms with Crippen molar-refractivity contribution >= 4 is 17.6 Å². The van der Waals surface area contributed by atoms with Gasteiger partial charge in [0.05, 0.1) is 17.4 Å². The summed E-state index contributed by atoms with van der Waals surface area (Å²) in [6.45, 7) is 7.67.